The number of benzene rings is 1. The number of aromatic nitrogens is 4. The van der Waals surface area contributed by atoms with Crippen molar-refractivity contribution in [3.63, 3.8) is 0 Å². The van der Waals surface area contributed by atoms with Gasteiger partial charge in [0, 0.05) is 18.0 Å². The molecule has 0 atom stereocenters. The van der Waals surface area contributed by atoms with E-state index in [0.29, 0.717) is 5.95 Å². The van der Waals surface area contributed by atoms with E-state index in [2.05, 4.69) is 30.7 Å². The summed E-state index contributed by atoms with van der Waals surface area (Å²) in [6.07, 6.45) is 6.69. The SMILES string of the molecule is C(=N/Nc1nncc(-c2ccccc2)n1)/c1ccncc1. The van der Waals surface area contributed by atoms with Crippen LogP contribution in [0.2, 0.25) is 0 Å². The number of nitrogens with zero attached hydrogens (tertiary/aromatic N) is 5. The Morgan fingerprint density at radius 3 is 2.62 bits per heavy atom. The van der Waals surface area contributed by atoms with Gasteiger partial charge in [-0.2, -0.15) is 10.2 Å². The van der Waals surface area contributed by atoms with Crippen molar-refractivity contribution in [1.29, 1.82) is 0 Å². The van der Waals surface area contributed by atoms with E-state index in [0.717, 1.165) is 16.8 Å². The monoisotopic (exact) mass is 276 g/mol. The third kappa shape index (κ3) is 3.44. The summed E-state index contributed by atoms with van der Waals surface area (Å²) in [6, 6.07) is 13.5. The summed E-state index contributed by atoms with van der Waals surface area (Å²) in [5.74, 6) is 0.349. The Hall–Kier alpha value is -3.15. The zero-order valence-electron chi connectivity index (χ0n) is 11.1. The van der Waals surface area contributed by atoms with E-state index in [9.17, 15) is 0 Å². The maximum absolute atomic E-state index is 4.36. The Kier molecular flexibility index (Phi) is 3.88. The van der Waals surface area contributed by atoms with Gasteiger partial charge in [-0.05, 0) is 17.7 Å². The van der Waals surface area contributed by atoms with Gasteiger partial charge in [-0.25, -0.2) is 10.4 Å². The van der Waals surface area contributed by atoms with E-state index in [1.165, 1.54) is 0 Å². The fraction of sp³-hybridized carbons (Fsp3) is 0. The molecule has 2 aromatic heterocycles. The van der Waals surface area contributed by atoms with Gasteiger partial charge in [0.25, 0.3) is 5.95 Å². The van der Waals surface area contributed by atoms with Gasteiger partial charge < -0.3 is 0 Å². The van der Waals surface area contributed by atoms with Crippen molar-refractivity contribution in [2.24, 2.45) is 5.10 Å². The summed E-state index contributed by atoms with van der Waals surface area (Å²) >= 11 is 0. The lowest BCUT2D eigenvalue weighted by atomic mass is 10.2. The standard InChI is InChI=1S/C15H12N6/c1-2-4-13(5-3-1)14-11-18-21-15(19-14)20-17-10-12-6-8-16-9-7-12/h1-11H,(H,19,20,21)/b17-10-. The van der Waals surface area contributed by atoms with Crippen LogP contribution >= 0.6 is 0 Å². The molecule has 1 N–H and O–H groups in total. The fourth-order valence-electron chi connectivity index (χ4n) is 1.71. The van der Waals surface area contributed by atoms with Gasteiger partial charge in [0.2, 0.25) is 0 Å². The first kappa shape index (κ1) is 12.9. The zero-order valence-corrected chi connectivity index (χ0v) is 11.1. The minimum Gasteiger partial charge on any atom is -0.265 e. The molecule has 3 rings (SSSR count). The fourth-order valence-corrected chi connectivity index (χ4v) is 1.71. The van der Waals surface area contributed by atoms with Crippen molar-refractivity contribution in [3.05, 3.63) is 66.6 Å². The largest absolute Gasteiger partial charge is 0.265 e. The molecule has 0 spiro atoms. The molecule has 6 heteroatoms. The van der Waals surface area contributed by atoms with Gasteiger partial charge in [0.1, 0.15) is 0 Å². The molecule has 21 heavy (non-hydrogen) atoms. The Morgan fingerprint density at radius 1 is 1.00 bits per heavy atom. The lowest BCUT2D eigenvalue weighted by molar-refractivity contribution is 0.967. The van der Waals surface area contributed by atoms with Crippen LogP contribution in [0.1, 0.15) is 5.56 Å². The molecule has 0 aliphatic rings. The van der Waals surface area contributed by atoms with Gasteiger partial charge >= 0.3 is 0 Å². The van der Waals surface area contributed by atoms with Crippen LogP contribution in [0.25, 0.3) is 11.3 Å². The normalized spacial score (nSPS) is 10.7. The highest BCUT2D eigenvalue weighted by Crippen LogP contribution is 2.15. The molecule has 0 fully saturated rings. The van der Waals surface area contributed by atoms with E-state index in [4.69, 9.17) is 0 Å². The predicted octanol–water partition coefficient (Wildman–Crippen LogP) is 2.38. The summed E-state index contributed by atoms with van der Waals surface area (Å²) in [5.41, 5.74) is 5.43. The molecule has 0 aliphatic heterocycles. The number of anilines is 1. The zero-order chi connectivity index (χ0) is 14.3. The quantitative estimate of drug-likeness (QED) is 0.585. The van der Waals surface area contributed by atoms with E-state index in [1.807, 2.05) is 42.5 Å². The highest BCUT2D eigenvalue weighted by atomic mass is 15.4. The second-order valence-corrected chi connectivity index (χ2v) is 4.18. The van der Waals surface area contributed by atoms with Crippen molar-refractivity contribution in [2.45, 2.75) is 0 Å². The Bertz CT molecular complexity index is 727. The molecular formula is C15H12N6. The molecule has 0 saturated heterocycles. The van der Waals surface area contributed by atoms with Crippen molar-refractivity contribution in [3.8, 4) is 11.3 Å². The summed E-state index contributed by atoms with van der Waals surface area (Å²) in [7, 11) is 0. The lowest BCUT2D eigenvalue weighted by Crippen LogP contribution is -1.99. The summed E-state index contributed by atoms with van der Waals surface area (Å²) in [4.78, 5) is 8.30. The lowest BCUT2D eigenvalue weighted by Gasteiger charge is -2.01. The van der Waals surface area contributed by atoms with Crippen LogP contribution in [0.3, 0.4) is 0 Å². The van der Waals surface area contributed by atoms with Crippen LogP contribution < -0.4 is 5.43 Å². The highest BCUT2D eigenvalue weighted by Gasteiger charge is 2.01. The van der Waals surface area contributed by atoms with Crippen LogP contribution in [0, 0.1) is 0 Å². The first-order valence-corrected chi connectivity index (χ1v) is 6.36. The van der Waals surface area contributed by atoms with Gasteiger partial charge in [-0.3, -0.25) is 4.98 Å². The predicted molar refractivity (Wildman–Crippen MR) is 80.7 cm³/mol. The molecule has 3 aromatic rings. The first-order chi connectivity index (χ1) is 10.4. The maximum atomic E-state index is 4.36. The summed E-state index contributed by atoms with van der Waals surface area (Å²) in [6.45, 7) is 0. The average molecular weight is 276 g/mol. The van der Waals surface area contributed by atoms with Crippen molar-refractivity contribution < 1.29 is 0 Å². The van der Waals surface area contributed by atoms with Gasteiger partial charge in [0.05, 0.1) is 18.1 Å². The molecule has 6 nitrogen and oxygen atoms in total. The molecule has 0 bridgehead atoms. The Labute approximate surface area is 121 Å². The second kappa shape index (κ2) is 6.33. The van der Waals surface area contributed by atoms with E-state index in [-0.39, 0.29) is 0 Å². The van der Waals surface area contributed by atoms with Crippen molar-refractivity contribution >= 4 is 12.2 Å². The number of hydrogen-bond donors (Lipinski definition) is 1. The van der Waals surface area contributed by atoms with Crippen LogP contribution in [0.4, 0.5) is 5.95 Å². The Balaban J connectivity index is 1.74. The van der Waals surface area contributed by atoms with Crippen LogP contribution in [-0.2, 0) is 0 Å². The maximum Gasteiger partial charge on any atom is 0.263 e. The van der Waals surface area contributed by atoms with Crippen molar-refractivity contribution in [1.82, 2.24) is 20.2 Å². The first-order valence-electron chi connectivity index (χ1n) is 6.36. The van der Waals surface area contributed by atoms with E-state index in [1.54, 1.807) is 24.8 Å². The van der Waals surface area contributed by atoms with Gasteiger partial charge in [-0.15, -0.1) is 5.10 Å². The molecule has 0 aliphatic carbocycles. The molecule has 0 radical (unpaired) electrons. The number of rotatable bonds is 4. The third-order valence-corrected chi connectivity index (χ3v) is 2.71. The van der Waals surface area contributed by atoms with Crippen LogP contribution in [0.5, 0.6) is 0 Å². The molecule has 1 aromatic carbocycles. The van der Waals surface area contributed by atoms with E-state index >= 15 is 0 Å². The molecule has 102 valence electrons. The average Bonchev–Trinajstić information content (AvgIpc) is 2.57. The van der Waals surface area contributed by atoms with Crippen LogP contribution in [-0.4, -0.2) is 26.4 Å². The third-order valence-electron chi connectivity index (χ3n) is 2.71. The topological polar surface area (TPSA) is 76.0 Å². The summed E-state index contributed by atoms with van der Waals surface area (Å²) in [5, 5.41) is 11.9. The van der Waals surface area contributed by atoms with Gasteiger partial charge in [0.15, 0.2) is 0 Å². The van der Waals surface area contributed by atoms with Crippen molar-refractivity contribution in [2.75, 3.05) is 5.43 Å². The molecule has 2 heterocycles. The number of pyridine rings is 1. The Morgan fingerprint density at radius 2 is 1.81 bits per heavy atom. The molecule has 0 saturated carbocycles. The minimum absolute atomic E-state index is 0.349. The van der Waals surface area contributed by atoms with E-state index < -0.39 is 0 Å². The minimum atomic E-state index is 0.349. The molecule has 0 amide bonds. The number of nitrogens with one attached hydrogen (secondary N) is 1. The molecule has 0 unspecified atom stereocenters. The van der Waals surface area contributed by atoms with Crippen LogP contribution in [0.15, 0.2) is 66.2 Å². The smallest absolute Gasteiger partial charge is 0.263 e. The second-order valence-electron chi connectivity index (χ2n) is 4.18. The van der Waals surface area contributed by atoms with Gasteiger partial charge in [-0.1, -0.05) is 30.3 Å². The number of hydrogen-bond acceptors (Lipinski definition) is 6. The highest BCUT2D eigenvalue weighted by molar-refractivity contribution is 5.79. The number of hydrazone groups is 1. The molecular weight excluding hydrogens is 264 g/mol. The summed E-state index contributed by atoms with van der Waals surface area (Å²) < 4.78 is 0.